The zero-order valence-electron chi connectivity index (χ0n) is 10.1. The highest BCUT2D eigenvalue weighted by Gasteiger charge is 2.29. The van der Waals surface area contributed by atoms with Crippen LogP contribution in [0.2, 0.25) is 0 Å². The Labute approximate surface area is 112 Å². The fourth-order valence-corrected chi connectivity index (χ4v) is 3.73. The van der Waals surface area contributed by atoms with Crippen molar-refractivity contribution in [3.8, 4) is 11.5 Å². The Bertz CT molecular complexity index is 527. The zero-order valence-corrected chi connectivity index (χ0v) is 11.6. The third-order valence-corrected chi connectivity index (χ3v) is 4.93. The predicted octanol–water partition coefficient (Wildman–Crippen LogP) is 2.00. The highest BCUT2D eigenvalue weighted by Crippen LogP contribution is 2.29. The lowest BCUT2D eigenvalue weighted by Crippen LogP contribution is -2.18. The van der Waals surface area contributed by atoms with Crippen LogP contribution in [0.3, 0.4) is 0 Å². The first-order chi connectivity index (χ1) is 8.54. The third kappa shape index (κ3) is 3.09. The van der Waals surface area contributed by atoms with E-state index in [1.165, 1.54) is 0 Å². The summed E-state index contributed by atoms with van der Waals surface area (Å²) in [7, 11) is -1.37. The van der Waals surface area contributed by atoms with Crippen LogP contribution in [0.4, 0.5) is 0 Å². The normalized spacial score (nSPS) is 21.8. The van der Waals surface area contributed by atoms with Crippen molar-refractivity contribution in [1.29, 1.82) is 0 Å². The fourth-order valence-electron chi connectivity index (χ4n) is 1.92. The standard InChI is InChI=1S/C12H15ClO4S/c1-16-10-3-2-9(7-13)12(6-10)17-11-4-5-18(14,15)8-11/h2-3,6,11H,4-5,7-8H2,1H3. The molecule has 1 aliphatic heterocycles. The van der Waals surface area contributed by atoms with Gasteiger partial charge in [0.2, 0.25) is 0 Å². The Hall–Kier alpha value is -0.940. The maximum atomic E-state index is 11.4. The minimum Gasteiger partial charge on any atom is -0.497 e. The van der Waals surface area contributed by atoms with Crippen molar-refractivity contribution in [2.24, 2.45) is 0 Å². The van der Waals surface area contributed by atoms with Gasteiger partial charge in [-0.3, -0.25) is 0 Å². The second kappa shape index (κ2) is 5.36. The van der Waals surface area contributed by atoms with Crippen molar-refractivity contribution in [2.75, 3.05) is 18.6 Å². The number of sulfone groups is 1. The van der Waals surface area contributed by atoms with E-state index in [0.29, 0.717) is 23.8 Å². The molecule has 18 heavy (non-hydrogen) atoms. The quantitative estimate of drug-likeness (QED) is 0.796. The van der Waals surface area contributed by atoms with Crippen LogP contribution in [0.1, 0.15) is 12.0 Å². The summed E-state index contributed by atoms with van der Waals surface area (Å²) in [6, 6.07) is 5.36. The molecule has 0 aliphatic carbocycles. The SMILES string of the molecule is COc1ccc(CCl)c(OC2CCS(=O)(=O)C2)c1. The predicted molar refractivity (Wildman–Crippen MR) is 70.2 cm³/mol. The fraction of sp³-hybridized carbons (Fsp3) is 0.500. The summed E-state index contributed by atoms with van der Waals surface area (Å²) in [5, 5.41) is 0. The summed E-state index contributed by atoms with van der Waals surface area (Å²) in [5.41, 5.74) is 0.835. The van der Waals surface area contributed by atoms with Gasteiger partial charge < -0.3 is 9.47 Å². The minimum atomic E-state index is -2.94. The Morgan fingerprint density at radius 1 is 1.44 bits per heavy atom. The first-order valence-electron chi connectivity index (χ1n) is 5.64. The van der Waals surface area contributed by atoms with Gasteiger partial charge in [-0.05, 0) is 12.5 Å². The molecule has 6 heteroatoms. The van der Waals surface area contributed by atoms with Gasteiger partial charge in [0.05, 0.1) is 24.5 Å². The maximum absolute atomic E-state index is 11.4. The Morgan fingerprint density at radius 2 is 2.22 bits per heavy atom. The van der Waals surface area contributed by atoms with E-state index in [9.17, 15) is 8.42 Å². The molecule has 1 aromatic rings. The van der Waals surface area contributed by atoms with Crippen molar-refractivity contribution in [2.45, 2.75) is 18.4 Å². The van der Waals surface area contributed by atoms with E-state index < -0.39 is 9.84 Å². The Morgan fingerprint density at radius 3 is 2.78 bits per heavy atom. The van der Waals surface area contributed by atoms with Crippen LogP contribution in [0.25, 0.3) is 0 Å². The average Bonchev–Trinajstić information content (AvgIpc) is 2.68. The number of benzene rings is 1. The van der Waals surface area contributed by atoms with E-state index in [2.05, 4.69) is 0 Å². The van der Waals surface area contributed by atoms with Gasteiger partial charge in [-0.15, -0.1) is 11.6 Å². The second-order valence-corrected chi connectivity index (χ2v) is 6.75. The largest absolute Gasteiger partial charge is 0.497 e. The molecule has 1 aliphatic rings. The molecule has 0 spiro atoms. The molecule has 0 bridgehead atoms. The van der Waals surface area contributed by atoms with E-state index in [1.54, 1.807) is 19.2 Å². The van der Waals surface area contributed by atoms with Crippen LogP contribution < -0.4 is 9.47 Å². The molecule has 0 amide bonds. The first-order valence-corrected chi connectivity index (χ1v) is 7.99. The third-order valence-electron chi connectivity index (χ3n) is 2.90. The molecule has 1 heterocycles. The number of rotatable bonds is 4. The average molecular weight is 291 g/mol. The molecule has 100 valence electrons. The molecule has 0 radical (unpaired) electrons. The van der Waals surface area contributed by atoms with Gasteiger partial charge in [-0.2, -0.15) is 0 Å². The molecule has 0 aromatic heterocycles. The maximum Gasteiger partial charge on any atom is 0.154 e. The van der Waals surface area contributed by atoms with Gasteiger partial charge in [-0.1, -0.05) is 6.07 Å². The van der Waals surface area contributed by atoms with Crippen molar-refractivity contribution >= 4 is 21.4 Å². The summed E-state index contributed by atoms with van der Waals surface area (Å²) in [4.78, 5) is 0. The second-order valence-electron chi connectivity index (χ2n) is 4.25. The van der Waals surface area contributed by atoms with Crippen LogP contribution >= 0.6 is 11.6 Å². The monoisotopic (exact) mass is 290 g/mol. The number of alkyl halides is 1. The molecule has 1 fully saturated rings. The highest BCUT2D eigenvalue weighted by atomic mass is 35.5. The minimum absolute atomic E-state index is 0.0753. The molecule has 1 atom stereocenters. The molecular formula is C12H15ClO4S. The molecule has 4 nitrogen and oxygen atoms in total. The van der Waals surface area contributed by atoms with Crippen LogP contribution in [-0.2, 0) is 15.7 Å². The van der Waals surface area contributed by atoms with E-state index in [1.807, 2.05) is 6.07 Å². The number of ether oxygens (including phenoxy) is 2. The topological polar surface area (TPSA) is 52.6 Å². The molecule has 1 saturated heterocycles. The van der Waals surface area contributed by atoms with Gasteiger partial charge >= 0.3 is 0 Å². The van der Waals surface area contributed by atoms with Crippen LogP contribution in [0.5, 0.6) is 11.5 Å². The van der Waals surface area contributed by atoms with E-state index in [-0.39, 0.29) is 17.6 Å². The lowest BCUT2D eigenvalue weighted by molar-refractivity contribution is 0.226. The molecule has 0 saturated carbocycles. The Balaban J connectivity index is 2.17. The number of hydrogen-bond acceptors (Lipinski definition) is 4. The lowest BCUT2D eigenvalue weighted by Gasteiger charge is -2.15. The summed E-state index contributed by atoms with van der Waals surface area (Å²) in [6.07, 6.45) is 0.241. The van der Waals surface area contributed by atoms with Gasteiger partial charge in [0, 0.05) is 11.6 Å². The summed E-state index contributed by atoms with van der Waals surface area (Å²) < 4.78 is 33.6. The molecule has 2 rings (SSSR count). The van der Waals surface area contributed by atoms with Gasteiger partial charge in [0.25, 0.3) is 0 Å². The molecule has 1 aromatic carbocycles. The zero-order chi connectivity index (χ0) is 13.2. The van der Waals surface area contributed by atoms with E-state index >= 15 is 0 Å². The van der Waals surface area contributed by atoms with Crippen LogP contribution in [0.15, 0.2) is 18.2 Å². The van der Waals surface area contributed by atoms with Crippen LogP contribution in [-0.4, -0.2) is 33.1 Å². The van der Waals surface area contributed by atoms with Crippen molar-refractivity contribution in [3.63, 3.8) is 0 Å². The summed E-state index contributed by atoms with van der Waals surface area (Å²) in [6.45, 7) is 0. The molecule has 1 unspecified atom stereocenters. The number of hydrogen-bond donors (Lipinski definition) is 0. The number of methoxy groups -OCH3 is 1. The Kier molecular flexibility index (Phi) is 4.02. The summed E-state index contributed by atoms with van der Waals surface area (Å²) in [5.74, 6) is 1.86. The van der Waals surface area contributed by atoms with E-state index in [4.69, 9.17) is 21.1 Å². The van der Waals surface area contributed by atoms with Gasteiger partial charge in [0.15, 0.2) is 9.84 Å². The van der Waals surface area contributed by atoms with Gasteiger partial charge in [0.1, 0.15) is 17.6 Å². The first kappa shape index (κ1) is 13.5. The smallest absolute Gasteiger partial charge is 0.154 e. The van der Waals surface area contributed by atoms with Crippen molar-refractivity contribution in [3.05, 3.63) is 23.8 Å². The van der Waals surface area contributed by atoms with E-state index in [0.717, 1.165) is 5.56 Å². The number of halogens is 1. The summed E-state index contributed by atoms with van der Waals surface area (Å²) >= 11 is 5.83. The molecular weight excluding hydrogens is 276 g/mol. The lowest BCUT2D eigenvalue weighted by atomic mass is 10.2. The van der Waals surface area contributed by atoms with Crippen molar-refractivity contribution < 1.29 is 17.9 Å². The van der Waals surface area contributed by atoms with Gasteiger partial charge in [-0.25, -0.2) is 8.42 Å². The van der Waals surface area contributed by atoms with Crippen molar-refractivity contribution in [1.82, 2.24) is 0 Å². The highest BCUT2D eigenvalue weighted by molar-refractivity contribution is 7.91. The molecule has 0 N–H and O–H groups in total. The van der Waals surface area contributed by atoms with Crippen LogP contribution in [0, 0.1) is 0 Å².